The molecule has 0 radical (unpaired) electrons. The average Bonchev–Trinajstić information content (AvgIpc) is 2.37. The van der Waals surface area contributed by atoms with Crippen LogP contribution in [0.25, 0.3) is 0 Å². The average molecular weight is 312 g/mol. The van der Waals surface area contributed by atoms with E-state index in [4.69, 9.17) is 0 Å². The number of hydrogen-bond donors (Lipinski definition) is 1. The third kappa shape index (κ3) is 5.13. The van der Waals surface area contributed by atoms with Crippen LogP contribution < -0.4 is 5.32 Å². The van der Waals surface area contributed by atoms with E-state index < -0.39 is 10.0 Å². The Labute approximate surface area is 127 Å². The van der Waals surface area contributed by atoms with Gasteiger partial charge < -0.3 is 5.32 Å². The Morgan fingerprint density at radius 2 is 1.62 bits per heavy atom. The lowest BCUT2D eigenvalue weighted by Gasteiger charge is -2.29. The first-order valence-electron chi connectivity index (χ1n) is 7.10. The van der Waals surface area contributed by atoms with Gasteiger partial charge in [0.15, 0.2) is 0 Å². The molecule has 0 bridgehead atoms. The van der Waals surface area contributed by atoms with Crippen LogP contribution in [0.15, 0.2) is 30.3 Å². The Morgan fingerprint density at radius 3 is 2.10 bits per heavy atom. The summed E-state index contributed by atoms with van der Waals surface area (Å²) in [6.07, 6.45) is 0. The molecule has 6 heteroatoms. The van der Waals surface area contributed by atoms with Gasteiger partial charge in [-0.25, -0.2) is 8.42 Å². The molecule has 0 aromatic heterocycles. The van der Waals surface area contributed by atoms with Gasteiger partial charge in [-0.05, 0) is 39.8 Å². The van der Waals surface area contributed by atoms with E-state index in [0.717, 1.165) is 0 Å². The molecule has 118 valence electrons. The van der Waals surface area contributed by atoms with Gasteiger partial charge in [-0.1, -0.05) is 18.2 Å². The first kappa shape index (κ1) is 17.7. The van der Waals surface area contributed by atoms with Gasteiger partial charge in [0.2, 0.25) is 10.0 Å². The van der Waals surface area contributed by atoms with Crippen molar-refractivity contribution in [2.75, 3.05) is 12.3 Å². The van der Waals surface area contributed by atoms with Crippen LogP contribution in [0.3, 0.4) is 0 Å². The van der Waals surface area contributed by atoms with Gasteiger partial charge in [-0.2, -0.15) is 4.31 Å². The van der Waals surface area contributed by atoms with Crippen LogP contribution in [-0.2, 0) is 10.0 Å². The molecule has 0 aliphatic rings. The summed E-state index contributed by atoms with van der Waals surface area (Å²) in [6.45, 7) is 7.49. The minimum absolute atomic E-state index is 0.0953. The van der Waals surface area contributed by atoms with Gasteiger partial charge in [0, 0.05) is 24.2 Å². The van der Waals surface area contributed by atoms with Crippen molar-refractivity contribution >= 4 is 15.9 Å². The maximum Gasteiger partial charge on any atom is 0.251 e. The normalized spacial score (nSPS) is 12.1. The van der Waals surface area contributed by atoms with Crippen LogP contribution in [0.4, 0.5) is 0 Å². The molecule has 0 fully saturated rings. The minimum atomic E-state index is -3.38. The van der Waals surface area contributed by atoms with E-state index in [9.17, 15) is 13.2 Å². The molecule has 1 N–H and O–H groups in total. The number of nitrogens with one attached hydrogen (secondary N) is 1. The molecule has 0 spiro atoms. The van der Waals surface area contributed by atoms with Gasteiger partial charge in [0.25, 0.3) is 5.91 Å². The van der Waals surface area contributed by atoms with Crippen LogP contribution in [0.1, 0.15) is 38.1 Å². The van der Waals surface area contributed by atoms with Crippen molar-refractivity contribution in [3.8, 4) is 0 Å². The largest absolute Gasteiger partial charge is 0.351 e. The molecule has 0 saturated carbocycles. The van der Waals surface area contributed by atoms with Crippen molar-refractivity contribution in [1.29, 1.82) is 0 Å². The van der Waals surface area contributed by atoms with Crippen molar-refractivity contribution in [2.45, 2.75) is 39.8 Å². The van der Waals surface area contributed by atoms with E-state index in [1.165, 1.54) is 4.31 Å². The second-order valence-electron chi connectivity index (χ2n) is 5.46. The lowest BCUT2D eigenvalue weighted by atomic mass is 10.2. The van der Waals surface area contributed by atoms with E-state index in [0.29, 0.717) is 5.56 Å². The highest BCUT2D eigenvalue weighted by molar-refractivity contribution is 7.89. The van der Waals surface area contributed by atoms with Gasteiger partial charge in [0.05, 0.1) is 5.75 Å². The molecular weight excluding hydrogens is 288 g/mol. The molecular formula is C15H24N2O3S. The topological polar surface area (TPSA) is 66.5 Å². The van der Waals surface area contributed by atoms with Gasteiger partial charge >= 0.3 is 0 Å². The molecule has 0 heterocycles. The fourth-order valence-corrected chi connectivity index (χ4v) is 4.18. The highest BCUT2D eigenvalue weighted by Crippen LogP contribution is 2.12. The number of amides is 1. The van der Waals surface area contributed by atoms with E-state index >= 15 is 0 Å². The fourth-order valence-electron chi connectivity index (χ4n) is 2.33. The molecule has 5 nitrogen and oxygen atoms in total. The third-order valence-electron chi connectivity index (χ3n) is 3.02. The predicted molar refractivity (Wildman–Crippen MR) is 84.7 cm³/mol. The van der Waals surface area contributed by atoms with Crippen LogP contribution >= 0.6 is 0 Å². The van der Waals surface area contributed by atoms with Crippen molar-refractivity contribution in [1.82, 2.24) is 9.62 Å². The Kier molecular flexibility index (Phi) is 6.36. The van der Waals surface area contributed by atoms with Gasteiger partial charge in [-0.15, -0.1) is 0 Å². The zero-order chi connectivity index (χ0) is 16.0. The van der Waals surface area contributed by atoms with E-state index in [1.807, 2.05) is 33.8 Å². The van der Waals surface area contributed by atoms with Crippen molar-refractivity contribution in [3.63, 3.8) is 0 Å². The summed E-state index contributed by atoms with van der Waals surface area (Å²) in [6, 6.07) is 8.55. The molecule has 0 aliphatic heterocycles. The van der Waals surface area contributed by atoms with Crippen LogP contribution in [0.2, 0.25) is 0 Å². The Morgan fingerprint density at radius 1 is 1.10 bits per heavy atom. The smallest absolute Gasteiger partial charge is 0.251 e. The summed E-state index contributed by atoms with van der Waals surface area (Å²) < 4.78 is 26.1. The number of benzene rings is 1. The lowest BCUT2D eigenvalue weighted by molar-refractivity contribution is 0.0956. The summed E-state index contributed by atoms with van der Waals surface area (Å²) in [7, 11) is -3.38. The highest BCUT2D eigenvalue weighted by Gasteiger charge is 2.27. The minimum Gasteiger partial charge on any atom is -0.351 e. The number of carbonyl (C=O) groups excluding carboxylic acids is 1. The summed E-state index contributed by atoms with van der Waals surface area (Å²) in [5.74, 6) is -0.353. The number of hydrogen-bond acceptors (Lipinski definition) is 3. The van der Waals surface area contributed by atoms with Crippen molar-refractivity contribution in [2.24, 2.45) is 0 Å². The fraction of sp³-hybridized carbons (Fsp3) is 0.533. The second kappa shape index (κ2) is 7.56. The van der Waals surface area contributed by atoms with Gasteiger partial charge in [-0.3, -0.25) is 4.79 Å². The summed E-state index contributed by atoms with van der Waals surface area (Å²) in [4.78, 5) is 11.8. The predicted octanol–water partition coefficient (Wildman–Crippen LogP) is 1.86. The molecule has 0 saturated heterocycles. The number of rotatable bonds is 7. The molecule has 0 unspecified atom stereocenters. The number of sulfonamides is 1. The lowest BCUT2D eigenvalue weighted by Crippen LogP contribution is -2.45. The van der Waals surface area contributed by atoms with Gasteiger partial charge in [0.1, 0.15) is 0 Å². The van der Waals surface area contributed by atoms with Crippen LogP contribution in [-0.4, -0.2) is 43.0 Å². The Bertz CT molecular complexity index is 546. The summed E-state index contributed by atoms with van der Waals surface area (Å²) in [5, 5.41) is 2.64. The first-order chi connectivity index (χ1) is 9.75. The molecule has 1 aromatic rings. The summed E-state index contributed by atoms with van der Waals surface area (Å²) >= 11 is 0. The van der Waals surface area contributed by atoms with Crippen molar-refractivity contribution < 1.29 is 13.2 Å². The molecule has 1 amide bonds. The van der Waals surface area contributed by atoms with E-state index in [1.54, 1.807) is 24.3 Å². The number of carbonyl (C=O) groups is 1. The number of nitrogens with zero attached hydrogens (tertiary/aromatic N) is 1. The molecule has 0 aliphatic carbocycles. The molecule has 1 rings (SSSR count). The quantitative estimate of drug-likeness (QED) is 0.836. The molecule has 0 atom stereocenters. The third-order valence-corrected chi connectivity index (χ3v) is 5.23. The monoisotopic (exact) mass is 312 g/mol. The van der Waals surface area contributed by atoms with Crippen LogP contribution in [0, 0.1) is 0 Å². The van der Waals surface area contributed by atoms with Crippen molar-refractivity contribution in [3.05, 3.63) is 35.9 Å². The zero-order valence-electron chi connectivity index (χ0n) is 13.0. The zero-order valence-corrected chi connectivity index (χ0v) is 13.9. The van der Waals surface area contributed by atoms with E-state index in [2.05, 4.69) is 5.32 Å². The highest BCUT2D eigenvalue weighted by atomic mass is 32.2. The standard InChI is InChI=1S/C15H24N2O3S/c1-12(2)17(13(3)4)21(19,20)11-10-16-15(18)14-8-6-5-7-9-14/h5-9,12-13H,10-11H2,1-4H3,(H,16,18). The molecule has 1 aromatic carbocycles. The van der Waals surface area contributed by atoms with Crippen LogP contribution in [0.5, 0.6) is 0 Å². The second-order valence-corrected chi connectivity index (χ2v) is 7.45. The Balaban J connectivity index is 2.60. The first-order valence-corrected chi connectivity index (χ1v) is 8.71. The maximum absolute atomic E-state index is 12.3. The summed E-state index contributed by atoms with van der Waals surface area (Å²) in [5.41, 5.74) is 0.527. The van der Waals surface area contributed by atoms with E-state index in [-0.39, 0.29) is 30.3 Å². The maximum atomic E-state index is 12.3. The Hall–Kier alpha value is -1.40. The molecule has 21 heavy (non-hydrogen) atoms. The SMILES string of the molecule is CC(C)N(C(C)C)S(=O)(=O)CCNC(=O)c1ccccc1.